The first kappa shape index (κ1) is 14.4. The molecular formula is C12H15ClN2O3. The van der Waals surface area contributed by atoms with Crippen LogP contribution in [0.25, 0.3) is 0 Å². The first-order valence-corrected chi connectivity index (χ1v) is 5.91. The Hall–Kier alpha value is -1.62. The minimum absolute atomic E-state index is 0.0399. The van der Waals surface area contributed by atoms with E-state index in [0.717, 1.165) is 6.42 Å². The van der Waals surface area contributed by atoms with Crippen molar-refractivity contribution in [3.63, 3.8) is 0 Å². The van der Waals surface area contributed by atoms with Gasteiger partial charge in [0, 0.05) is 17.2 Å². The number of carbonyl (C=O) groups is 1. The molecule has 1 rings (SSSR count). The van der Waals surface area contributed by atoms with Gasteiger partial charge >= 0.3 is 0 Å². The number of nitrogens with zero attached hydrogens (tertiary/aromatic N) is 1. The highest BCUT2D eigenvalue weighted by Crippen LogP contribution is 2.25. The molecule has 0 atom stereocenters. The molecule has 0 saturated carbocycles. The molecule has 0 radical (unpaired) electrons. The van der Waals surface area contributed by atoms with Crippen LogP contribution in [0.1, 0.15) is 37.6 Å². The molecule has 1 aromatic rings. The molecule has 18 heavy (non-hydrogen) atoms. The predicted molar refractivity (Wildman–Crippen MR) is 69.9 cm³/mol. The minimum Gasteiger partial charge on any atom is -0.347 e. The van der Waals surface area contributed by atoms with Gasteiger partial charge in [0.15, 0.2) is 0 Å². The standard InChI is InChI=1S/C12H15ClN2O3/c1-4-12(2,3)14-11(16)8-5-6-10(15(17)18)9(13)7-8/h5-7H,4H2,1-3H3,(H,14,16). The average Bonchev–Trinajstić information content (AvgIpc) is 2.27. The molecule has 0 aromatic heterocycles. The van der Waals surface area contributed by atoms with Gasteiger partial charge in [-0.25, -0.2) is 0 Å². The van der Waals surface area contributed by atoms with Crippen molar-refractivity contribution in [1.29, 1.82) is 0 Å². The lowest BCUT2D eigenvalue weighted by Crippen LogP contribution is -2.42. The molecule has 0 aliphatic rings. The first-order chi connectivity index (χ1) is 8.26. The zero-order chi connectivity index (χ0) is 13.9. The van der Waals surface area contributed by atoms with E-state index < -0.39 is 4.92 Å². The zero-order valence-electron chi connectivity index (χ0n) is 10.5. The van der Waals surface area contributed by atoms with Gasteiger partial charge in [-0.3, -0.25) is 14.9 Å². The maximum atomic E-state index is 11.9. The predicted octanol–water partition coefficient (Wildman–Crippen LogP) is 3.17. The van der Waals surface area contributed by atoms with Gasteiger partial charge in [0.05, 0.1) is 4.92 Å². The molecule has 0 heterocycles. The van der Waals surface area contributed by atoms with E-state index in [1.165, 1.54) is 18.2 Å². The number of hydrogen-bond acceptors (Lipinski definition) is 3. The maximum absolute atomic E-state index is 11.9. The van der Waals surface area contributed by atoms with Crippen LogP contribution < -0.4 is 5.32 Å². The molecular weight excluding hydrogens is 256 g/mol. The Bertz CT molecular complexity index is 486. The molecule has 98 valence electrons. The van der Waals surface area contributed by atoms with Crippen LogP contribution in [0.5, 0.6) is 0 Å². The number of halogens is 1. The fourth-order valence-corrected chi connectivity index (χ4v) is 1.51. The van der Waals surface area contributed by atoms with Crippen LogP contribution in [-0.4, -0.2) is 16.4 Å². The van der Waals surface area contributed by atoms with Crippen LogP contribution in [0.3, 0.4) is 0 Å². The van der Waals surface area contributed by atoms with Crippen molar-refractivity contribution in [3.05, 3.63) is 38.9 Å². The van der Waals surface area contributed by atoms with Gasteiger partial charge in [0.25, 0.3) is 11.6 Å². The number of amides is 1. The second kappa shape index (κ2) is 5.35. The quantitative estimate of drug-likeness (QED) is 0.675. The van der Waals surface area contributed by atoms with Gasteiger partial charge in [0.1, 0.15) is 5.02 Å². The summed E-state index contributed by atoms with van der Waals surface area (Å²) in [5, 5.41) is 13.4. The van der Waals surface area contributed by atoms with Gasteiger partial charge in [-0.05, 0) is 32.4 Å². The molecule has 0 aliphatic carbocycles. The highest BCUT2D eigenvalue weighted by molar-refractivity contribution is 6.33. The van der Waals surface area contributed by atoms with E-state index in [1.54, 1.807) is 0 Å². The topological polar surface area (TPSA) is 72.2 Å². The van der Waals surface area contributed by atoms with Crippen LogP contribution in [-0.2, 0) is 0 Å². The maximum Gasteiger partial charge on any atom is 0.287 e. The summed E-state index contributed by atoms with van der Waals surface area (Å²) in [5.74, 6) is -0.293. The Labute approximate surface area is 110 Å². The molecule has 0 spiro atoms. The molecule has 0 bridgehead atoms. The Morgan fingerprint density at radius 1 is 1.50 bits per heavy atom. The molecule has 1 amide bonds. The van der Waals surface area contributed by atoms with Gasteiger partial charge in [-0.2, -0.15) is 0 Å². The van der Waals surface area contributed by atoms with E-state index in [9.17, 15) is 14.9 Å². The van der Waals surface area contributed by atoms with Crippen molar-refractivity contribution in [2.45, 2.75) is 32.7 Å². The SMILES string of the molecule is CCC(C)(C)NC(=O)c1ccc([N+](=O)[O-])c(Cl)c1. The number of hydrogen-bond donors (Lipinski definition) is 1. The van der Waals surface area contributed by atoms with Crippen LogP contribution in [0, 0.1) is 10.1 Å². The number of benzene rings is 1. The van der Waals surface area contributed by atoms with Crippen molar-refractivity contribution in [3.8, 4) is 0 Å². The second-order valence-corrected chi connectivity index (χ2v) is 5.02. The summed E-state index contributed by atoms with van der Waals surface area (Å²) in [7, 11) is 0. The first-order valence-electron chi connectivity index (χ1n) is 5.53. The largest absolute Gasteiger partial charge is 0.347 e. The Balaban J connectivity index is 2.95. The molecule has 1 N–H and O–H groups in total. The van der Waals surface area contributed by atoms with E-state index in [4.69, 9.17) is 11.6 Å². The van der Waals surface area contributed by atoms with Gasteiger partial charge in [-0.15, -0.1) is 0 Å². The third-order valence-electron chi connectivity index (χ3n) is 2.74. The summed E-state index contributed by atoms with van der Waals surface area (Å²) >= 11 is 5.75. The van der Waals surface area contributed by atoms with Crippen LogP contribution >= 0.6 is 11.6 Å². The van der Waals surface area contributed by atoms with Gasteiger partial charge in [-0.1, -0.05) is 18.5 Å². The van der Waals surface area contributed by atoms with Crippen LogP contribution in [0.4, 0.5) is 5.69 Å². The molecule has 1 aromatic carbocycles. The lowest BCUT2D eigenvalue weighted by Gasteiger charge is -2.24. The molecule has 0 saturated heterocycles. The molecule has 0 aliphatic heterocycles. The lowest BCUT2D eigenvalue weighted by molar-refractivity contribution is -0.384. The summed E-state index contributed by atoms with van der Waals surface area (Å²) in [6.07, 6.45) is 0.777. The van der Waals surface area contributed by atoms with Crippen molar-refractivity contribution >= 4 is 23.2 Å². The lowest BCUT2D eigenvalue weighted by atomic mass is 10.0. The van der Waals surface area contributed by atoms with Crippen LogP contribution in [0.15, 0.2) is 18.2 Å². The van der Waals surface area contributed by atoms with Gasteiger partial charge in [0.2, 0.25) is 0 Å². The third-order valence-corrected chi connectivity index (χ3v) is 3.05. The average molecular weight is 271 g/mol. The highest BCUT2D eigenvalue weighted by Gasteiger charge is 2.20. The van der Waals surface area contributed by atoms with Crippen molar-refractivity contribution < 1.29 is 9.72 Å². The van der Waals surface area contributed by atoms with Crippen molar-refractivity contribution in [1.82, 2.24) is 5.32 Å². The fraction of sp³-hybridized carbons (Fsp3) is 0.417. The Morgan fingerprint density at radius 3 is 2.56 bits per heavy atom. The molecule has 5 nitrogen and oxygen atoms in total. The van der Waals surface area contributed by atoms with Crippen molar-refractivity contribution in [2.24, 2.45) is 0 Å². The van der Waals surface area contributed by atoms with Crippen molar-refractivity contribution in [2.75, 3.05) is 0 Å². The molecule has 6 heteroatoms. The monoisotopic (exact) mass is 270 g/mol. The summed E-state index contributed by atoms with van der Waals surface area (Å²) in [6, 6.07) is 3.93. The summed E-state index contributed by atoms with van der Waals surface area (Å²) in [4.78, 5) is 21.9. The summed E-state index contributed by atoms with van der Waals surface area (Å²) in [6.45, 7) is 5.76. The minimum atomic E-state index is -0.583. The Morgan fingerprint density at radius 2 is 2.11 bits per heavy atom. The number of nitrogens with one attached hydrogen (secondary N) is 1. The second-order valence-electron chi connectivity index (χ2n) is 4.61. The normalized spacial score (nSPS) is 11.1. The summed E-state index contributed by atoms with van der Waals surface area (Å²) in [5.41, 5.74) is -0.221. The fourth-order valence-electron chi connectivity index (χ4n) is 1.26. The third kappa shape index (κ3) is 3.43. The summed E-state index contributed by atoms with van der Waals surface area (Å²) < 4.78 is 0. The molecule has 0 unspecified atom stereocenters. The smallest absolute Gasteiger partial charge is 0.287 e. The number of nitro groups is 1. The van der Waals surface area contributed by atoms with E-state index in [2.05, 4.69) is 5.32 Å². The van der Waals surface area contributed by atoms with E-state index >= 15 is 0 Å². The Kier molecular flexibility index (Phi) is 4.29. The van der Waals surface area contributed by atoms with E-state index in [0.29, 0.717) is 5.56 Å². The number of nitro benzene ring substituents is 1. The van der Waals surface area contributed by atoms with E-state index in [1.807, 2.05) is 20.8 Å². The van der Waals surface area contributed by atoms with E-state index in [-0.39, 0.29) is 22.2 Å². The van der Waals surface area contributed by atoms with Crippen LogP contribution in [0.2, 0.25) is 5.02 Å². The number of carbonyl (C=O) groups excluding carboxylic acids is 1. The number of rotatable bonds is 4. The highest BCUT2D eigenvalue weighted by atomic mass is 35.5. The molecule has 0 fully saturated rings. The zero-order valence-corrected chi connectivity index (χ0v) is 11.2. The van der Waals surface area contributed by atoms with Gasteiger partial charge < -0.3 is 5.32 Å².